The molecule has 0 aliphatic carbocycles. The maximum Gasteiger partial charge on any atom is 0.328 e. The van der Waals surface area contributed by atoms with Gasteiger partial charge in [0.15, 0.2) is 0 Å². The zero-order valence-electron chi connectivity index (χ0n) is 15.3. The Hall–Kier alpha value is -3.94. The van der Waals surface area contributed by atoms with Crippen molar-refractivity contribution in [3.63, 3.8) is 0 Å². The number of hydrogen-bond acceptors (Lipinski definition) is 7. The lowest BCUT2D eigenvalue weighted by Gasteiger charge is -2.09. The van der Waals surface area contributed by atoms with Gasteiger partial charge in [-0.15, -0.1) is 0 Å². The van der Waals surface area contributed by atoms with Crippen molar-refractivity contribution >= 4 is 12.1 Å². The van der Waals surface area contributed by atoms with E-state index in [1.807, 2.05) is 12.1 Å². The molecule has 0 unspecified atom stereocenters. The first-order valence-corrected chi connectivity index (χ1v) is 8.32. The summed E-state index contributed by atoms with van der Waals surface area (Å²) in [5, 5.41) is 3.99. The SMILES string of the molecule is COc1cc(OC)nc(Oc2ccccc2/C=N/NC(=O)c2ccccc2)n1. The van der Waals surface area contributed by atoms with Gasteiger partial charge in [-0.2, -0.15) is 15.1 Å². The molecule has 1 aromatic heterocycles. The minimum Gasteiger partial charge on any atom is -0.481 e. The van der Waals surface area contributed by atoms with E-state index in [1.54, 1.807) is 48.5 Å². The Morgan fingerprint density at radius 2 is 1.61 bits per heavy atom. The van der Waals surface area contributed by atoms with Crippen LogP contribution in [0.2, 0.25) is 0 Å². The molecule has 142 valence electrons. The lowest BCUT2D eigenvalue weighted by molar-refractivity contribution is 0.0955. The Balaban J connectivity index is 1.75. The number of carbonyl (C=O) groups excluding carboxylic acids is 1. The van der Waals surface area contributed by atoms with Gasteiger partial charge in [0.1, 0.15) is 5.75 Å². The summed E-state index contributed by atoms with van der Waals surface area (Å²) in [6.07, 6.45) is 1.48. The van der Waals surface area contributed by atoms with Gasteiger partial charge >= 0.3 is 6.01 Å². The molecule has 0 fully saturated rings. The monoisotopic (exact) mass is 378 g/mol. The summed E-state index contributed by atoms with van der Waals surface area (Å²) in [4.78, 5) is 20.3. The Morgan fingerprint density at radius 3 is 2.29 bits per heavy atom. The molecular weight excluding hydrogens is 360 g/mol. The van der Waals surface area contributed by atoms with Crippen molar-refractivity contribution in [1.82, 2.24) is 15.4 Å². The van der Waals surface area contributed by atoms with Crippen LogP contribution in [0.1, 0.15) is 15.9 Å². The van der Waals surface area contributed by atoms with E-state index in [-0.39, 0.29) is 11.9 Å². The predicted molar refractivity (Wildman–Crippen MR) is 103 cm³/mol. The molecule has 1 N–H and O–H groups in total. The van der Waals surface area contributed by atoms with Crippen LogP contribution in [0.3, 0.4) is 0 Å². The molecule has 1 heterocycles. The molecule has 0 atom stereocenters. The van der Waals surface area contributed by atoms with Crippen molar-refractivity contribution < 1.29 is 19.0 Å². The summed E-state index contributed by atoms with van der Waals surface area (Å²) < 4.78 is 16.0. The quantitative estimate of drug-likeness (QED) is 0.502. The number of benzene rings is 2. The van der Waals surface area contributed by atoms with Crippen molar-refractivity contribution in [3.05, 3.63) is 71.8 Å². The van der Waals surface area contributed by atoms with Crippen LogP contribution in [0.5, 0.6) is 23.5 Å². The lowest BCUT2D eigenvalue weighted by atomic mass is 10.2. The fourth-order valence-corrected chi connectivity index (χ4v) is 2.23. The van der Waals surface area contributed by atoms with Crippen LogP contribution < -0.4 is 19.6 Å². The van der Waals surface area contributed by atoms with Crippen molar-refractivity contribution in [3.8, 4) is 23.5 Å². The van der Waals surface area contributed by atoms with E-state index in [1.165, 1.54) is 20.4 Å². The van der Waals surface area contributed by atoms with E-state index in [0.717, 1.165) is 0 Å². The third kappa shape index (κ3) is 4.82. The van der Waals surface area contributed by atoms with Crippen LogP contribution in [0.4, 0.5) is 0 Å². The van der Waals surface area contributed by atoms with Crippen molar-refractivity contribution in [1.29, 1.82) is 0 Å². The van der Waals surface area contributed by atoms with Crippen LogP contribution in [0.15, 0.2) is 65.8 Å². The highest BCUT2D eigenvalue weighted by Gasteiger charge is 2.10. The summed E-state index contributed by atoms with van der Waals surface area (Å²) in [7, 11) is 2.98. The van der Waals surface area contributed by atoms with Gasteiger partial charge in [0.05, 0.1) is 26.5 Å². The highest BCUT2D eigenvalue weighted by molar-refractivity contribution is 5.95. The number of nitrogens with one attached hydrogen (secondary N) is 1. The topological polar surface area (TPSA) is 94.9 Å². The van der Waals surface area contributed by atoms with Gasteiger partial charge in [0, 0.05) is 11.1 Å². The van der Waals surface area contributed by atoms with Gasteiger partial charge in [-0.1, -0.05) is 30.3 Å². The molecule has 2 aromatic carbocycles. The average Bonchev–Trinajstić information content (AvgIpc) is 2.75. The summed E-state index contributed by atoms with van der Waals surface area (Å²) in [6, 6.07) is 17.5. The molecule has 1 amide bonds. The standard InChI is InChI=1S/C20H18N4O4/c1-26-17-12-18(27-2)23-20(22-17)28-16-11-7-6-10-15(16)13-21-24-19(25)14-8-4-3-5-9-14/h3-13H,1-2H3,(H,24,25)/b21-13+. The maximum absolute atomic E-state index is 12.0. The van der Waals surface area contributed by atoms with Crippen LogP contribution in [0, 0.1) is 0 Å². The number of aromatic nitrogens is 2. The van der Waals surface area contributed by atoms with Crippen LogP contribution in [-0.4, -0.2) is 36.3 Å². The molecule has 0 saturated heterocycles. The molecule has 3 aromatic rings. The molecule has 8 nitrogen and oxygen atoms in total. The van der Waals surface area contributed by atoms with E-state index in [4.69, 9.17) is 14.2 Å². The van der Waals surface area contributed by atoms with Crippen LogP contribution >= 0.6 is 0 Å². The molecule has 0 spiro atoms. The number of rotatable bonds is 7. The third-order valence-corrected chi connectivity index (χ3v) is 3.60. The molecule has 3 rings (SSSR count). The fourth-order valence-electron chi connectivity index (χ4n) is 2.23. The second kappa shape index (κ2) is 9.13. The molecule has 0 aliphatic heterocycles. The van der Waals surface area contributed by atoms with Crippen LogP contribution in [-0.2, 0) is 0 Å². The first-order chi connectivity index (χ1) is 13.7. The van der Waals surface area contributed by atoms with Crippen molar-refractivity contribution in [2.24, 2.45) is 5.10 Å². The van der Waals surface area contributed by atoms with Gasteiger partial charge in [-0.3, -0.25) is 4.79 Å². The first kappa shape index (κ1) is 18.8. The normalized spacial score (nSPS) is 10.5. The smallest absolute Gasteiger partial charge is 0.328 e. The Morgan fingerprint density at radius 1 is 0.964 bits per heavy atom. The highest BCUT2D eigenvalue weighted by atomic mass is 16.5. The second-order valence-electron chi connectivity index (χ2n) is 5.44. The molecule has 8 heteroatoms. The molecule has 0 saturated carbocycles. The number of amides is 1. The minimum absolute atomic E-state index is 0.0605. The van der Waals surface area contributed by atoms with Crippen molar-refractivity contribution in [2.75, 3.05) is 14.2 Å². The Labute approximate surface area is 161 Å². The Kier molecular flexibility index (Phi) is 6.14. The molecular formula is C20H18N4O4. The summed E-state index contributed by atoms with van der Waals surface area (Å²) in [5.41, 5.74) is 3.62. The van der Waals surface area contributed by atoms with Gasteiger partial charge in [-0.05, 0) is 24.3 Å². The number of nitrogens with zero attached hydrogens (tertiary/aromatic N) is 3. The summed E-state index contributed by atoms with van der Waals surface area (Å²) in [5.74, 6) is 0.762. The summed E-state index contributed by atoms with van der Waals surface area (Å²) >= 11 is 0. The number of para-hydroxylation sites is 1. The second-order valence-corrected chi connectivity index (χ2v) is 5.44. The van der Waals surface area contributed by atoms with Crippen LogP contribution in [0.25, 0.3) is 0 Å². The lowest BCUT2D eigenvalue weighted by Crippen LogP contribution is -2.17. The molecule has 0 aliphatic rings. The number of methoxy groups -OCH3 is 2. The van der Waals surface area contributed by atoms with Gasteiger partial charge in [0.25, 0.3) is 5.91 Å². The van der Waals surface area contributed by atoms with Gasteiger partial charge < -0.3 is 14.2 Å². The fraction of sp³-hybridized carbons (Fsp3) is 0.100. The zero-order valence-corrected chi connectivity index (χ0v) is 15.3. The minimum atomic E-state index is -0.309. The number of carbonyl (C=O) groups is 1. The van der Waals surface area contributed by atoms with E-state index in [0.29, 0.717) is 28.6 Å². The molecule has 0 radical (unpaired) electrons. The van der Waals surface area contributed by atoms with E-state index >= 15 is 0 Å². The first-order valence-electron chi connectivity index (χ1n) is 8.32. The third-order valence-electron chi connectivity index (χ3n) is 3.60. The number of hydrogen-bond donors (Lipinski definition) is 1. The zero-order chi connectivity index (χ0) is 19.8. The van der Waals surface area contributed by atoms with Gasteiger partial charge in [0.2, 0.25) is 11.8 Å². The largest absolute Gasteiger partial charge is 0.481 e. The maximum atomic E-state index is 12.0. The Bertz CT molecular complexity index is 955. The van der Waals surface area contributed by atoms with E-state index < -0.39 is 0 Å². The summed E-state index contributed by atoms with van der Waals surface area (Å²) in [6.45, 7) is 0. The molecule has 0 bridgehead atoms. The molecule has 28 heavy (non-hydrogen) atoms. The van der Waals surface area contributed by atoms with E-state index in [9.17, 15) is 4.79 Å². The number of hydrazone groups is 1. The average molecular weight is 378 g/mol. The number of ether oxygens (including phenoxy) is 3. The highest BCUT2D eigenvalue weighted by Crippen LogP contribution is 2.25. The van der Waals surface area contributed by atoms with Crippen molar-refractivity contribution in [2.45, 2.75) is 0 Å². The van der Waals surface area contributed by atoms with E-state index in [2.05, 4.69) is 20.5 Å². The predicted octanol–water partition coefficient (Wildman–Crippen LogP) is 3.05. The van der Waals surface area contributed by atoms with Gasteiger partial charge in [-0.25, -0.2) is 5.43 Å².